The molecule has 0 spiro atoms. The van der Waals surface area contributed by atoms with E-state index in [-0.39, 0.29) is 0 Å². The van der Waals surface area contributed by atoms with Crippen LogP contribution in [0.15, 0.2) is 35.2 Å². The molecule has 0 unspecified atom stereocenters. The van der Waals surface area contributed by atoms with Crippen molar-refractivity contribution in [3.05, 3.63) is 41.0 Å². The minimum absolute atomic E-state index is 0.381. The number of pyridine rings is 1. The maximum Gasteiger partial charge on any atom is 0.164 e. The van der Waals surface area contributed by atoms with Gasteiger partial charge >= 0.3 is 0 Å². The monoisotopic (exact) mass is 249 g/mol. The lowest BCUT2D eigenvalue weighted by Gasteiger charge is -2.02. The predicted octanol–water partition coefficient (Wildman–Crippen LogP) is 3.22. The second-order valence-corrected chi connectivity index (χ2v) is 4.37. The molecule has 5 heteroatoms. The molecule has 3 heterocycles. The summed E-state index contributed by atoms with van der Waals surface area (Å²) in [4.78, 5) is 8.81. The number of aromatic nitrogens is 3. The van der Waals surface area contributed by atoms with E-state index in [4.69, 9.17) is 11.6 Å². The van der Waals surface area contributed by atoms with Gasteiger partial charge in [-0.1, -0.05) is 0 Å². The van der Waals surface area contributed by atoms with Crippen LogP contribution in [0, 0.1) is 0 Å². The van der Waals surface area contributed by atoms with Crippen molar-refractivity contribution in [2.24, 2.45) is 0 Å². The van der Waals surface area contributed by atoms with Crippen molar-refractivity contribution in [3.63, 3.8) is 0 Å². The van der Waals surface area contributed by atoms with Gasteiger partial charge in [0.15, 0.2) is 5.65 Å². The summed E-state index contributed by atoms with van der Waals surface area (Å²) in [5, 5.41) is 4.09. The van der Waals surface area contributed by atoms with Crippen molar-refractivity contribution in [1.29, 1.82) is 0 Å². The number of halogens is 1. The number of rotatable bonds is 2. The van der Waals surface area contributed by atoms with Crippen molar-refractivity contribution < 1.29 is 0 Å². The first kappa shape index (κ1) is 9.81. The fraction of sp³-hybridized carbons (Fsp3) is 0.0909. The van der Waals surface area contributed by atoms with E-state index in [1.165, 1.54) is 0 Å². The van der Waals surface area contributed by atoms with Crippen LogP contribution in [0.25, 0.3) is 16.9 Å². The summed E-state index contributed by atoms with van der Waals surface area (Å²) in [6.07, 6.45) is 1.77. The molecule has 0 N–H and O–H groups in total. The highest BCUT2D eigenvalue weighted by atomic mass is 35.5. The molecule has 0 bridgehead atoms. The van der Waals surface area contributed by atoms with Crippen LogP contribution in [-0.2, 0) is 5.88 Å². The zero-order valence-electron chi connectivity index (χ0n) is 8.30. The van der Waals surface area contributed by atoms with Crippen molar-refractivity contribution >= 4 is 34.1 Å². The standard InChI is InChI=1S/C11H8ClN3S/c12-6-10-14-9-2-1-4-13-11(9)15(10)8-3-5-16-7-8/h1-5,7H,6H2. The lowest BCUT2D eigenvalue weighted by atomic mass is 10.4. The molecular formula is C11H8ClN3S. The molecule has 0 atom stereocenters. The van der Waals surface area contributed by atoms with Gasteiger partial charge in [0.25, 0.3) is 0 Å². The second-order valence-electron chi connectivity index (χ2n) is 3.32. The summed E-state index contributed by atoms with van der Waals surface area (Å²) in [7, 11) is 0. The minimum atomic E-state index is 0.381. The van der Waals surface area contributed by atoms with Crippen molar-refractivity contribution in [3.8, 4) is 5.69 Å². The van der Waals surface area contributed by atoms with Crippen LogP contribution < -0.4 is 0 Å². The average Bonchev–Trinajstić information content (AvgIpc) is 2.94. The van der Waals surface area contributed by atoms with Gasteiger partial charge in [-0.15, -0.1) is 11.6 Å². The molecule has 3 rings (SSSR count). The van der Waals surface area contributed by atoms with Gasteiger partial charge in [0, 0.05) is 11.6 Å². The van der Waals surface area contributed by atoms with Crippen LogP contribution in [0.4, 0.5) is 0 Å². The Labute approximate surface area is 101 Å². The molecule has 0 aliphatic rings. The van der Waals surface area contributed by atoms with Crippen LogP contribution >= 0.6 is 22.9 Å². The molecule has 3 aromatic rings. The van der Waals surface area contributed by atoms with E-state index in [9.17, 15) is 0 Å². The van der Waals surface area contributed by atoms with Gasteiger partial charge in [0.1, 0.15) is 11.3 Å². The van der Waals surface area contributed by atoms with Gasteiger partial charge in [-0.2, -0.15) is 11.3 Å². The fourth-order valence-corrected chi connectivity index (χ4v) is 2.50. The molecule has 0 radical (unpaired) electrons. The third-order valence-corrected chi connectivity index (χ3v) is 3.28. The first-order chi connectivity index (χ1) is 7.90. The van der Waals surface area contributed by atoms with Crippen LogP contribution in [0.5, 0.6) is 0 Å². The number of fused-ring (bicyclic) bond motifs is 1. The third kappa shape index (κ3) is 1.42. The fourth-order valence-electron chi connectivity index (χ4n) is 1.70. The first-order valence-corrected chi connectivity index (χ1v) is 6.29. The Kier molecular flexibility index (Phi) is 2.38. The smallest absolute Gasteiger partial charge is 0.164 e. The predicted molar refractivity (Wildman–Crippen MR) is 66.3 cm³/mol. The third-order valence-electron chi connectivity index (χ3n) is 2.37. The number of imidazole rings is 1. The summed E-state index contributed by atoms with van der Waals surface area (Å²) in [6.45, 7) is 0. The van der Waals surface area contributed by atoms with Crippen LogP contribution in [-0.4, -0.2) is 14.5 Å². The maximum absolute atomic E-state index is 5.91. The molecule has 0 aromatic carbocycles. The Bertz CT molecular complexity index is 615. The van der Waals surface area contributed by atoms with Crippen molar-refractivity contribution in [2.75, 3.05) is 0 Å². The van der Waals surface area contributed by atoms with Crippen LogP contribution in [0.1, 0.15) is 5.82 Å². The minimum Gasteiger partial charge on any atom is -0.279 e. The zero-order valence-corrected chi connectivity index (χ0v) is 9.87. The van der Waals surface area contributed by atoms with Crippen molar-refractivity contribution in [1.82, 2.24) is 14.5 Å². The van der Waals surface area contributed by atoms with Crippen LogP contribution in [0.2, 0.25) is 0 Å². The van der Waals surface area contributed by atoms with Gasteiger partial charge in [0.2, 0.25) is 0 Å². The summed E-state index contributed by atoms with van der Waals surface area (Å²) in [6, 6.07) is 5.86. The molecule has 3 aromatic heterocycles. The summed E-state index contributed by atoms with van der Waals surface area (Å²) in [5.74, 6) is 1.21. The van der Waals surface area contributed by atoms with Gasteiger partial charge in [-0.05, 0) is 23.6 Å². The highest BCUT2D eigenvalue weighted by Gasteiger charge is 2.12. The van der Waals surface area contributed by atoms with E-state index in [1.807, 2.05) is 28.1 Å². The lowest BCUT2D eigenvalue weighted by Crippen LogP contribution is -1.98. The van der Waals surface area contributed by atoms with E-state index >= 15 is 0 Å². The quantitative estimate of drug-likeness (QED) is 0.653. The zero-order chi connectivity index (χ0) is 11.0. The molecule has 0 amide bonds. The summed E-state index contributed by atoms with van der Waals surface area (Å²) < 4.78 is 2.00. The average molecular weight is 250 g/mol. The van der Waals surface area contributed by atoms with Gasteiger partial charge in [-0.3, -0.25) is 4.57 Å². The lowest BCUT2D eigenvalue weighted by molar-refractivity contribution is 0.974. The largest absolute Gasteiger partial charge is 0.279 e. The van der Waals surface area contributed by atoms with E-state index in [1.54, 1.807) is 17.5 Å². The van der Waals surface area contributed by atoms with E-state index < -0.39 is 0 Å². The van der Waals surface area contributed by atoms with Gasteiger partial charge in [-0.25, -0.2) is 9.97 Å². The molecule has 0 fully saturated rings. The topological polar surface area (TPSA) is 30.7 Å². The second kappa shape index (κ2) is 3.88. The van der Waals surface area contributed by atoms with Crippen molar-refractivity contribution in [2.45, 2.75) is 5.88 Å². The Hall–Kier alpha value is -1.39. The molecule has 80 valence electrons. The number of thiophene rings is 1. The maximum atomic E-state index is 5.91. The first-order valence-electron chi connectivity index (χ1n) is 4.81. The van der Waals surface area contributed by atoms with Gasteiger partial charge in [0.05, 0.1) is 11.6 Å². The summed E-state index contributed by atoms with van der Waals surface area (Å²) >= 11 is 7.56. The van der Waals surface area contributed by atoms with E-state index in [0.29, 0.717) is 5.88 Å². The van der Waals surface area contributed by atoms with Gasteiger partial charge < -0.3 is 0 Å². The normalized spacial score (nSPS) is 11.1. The Morgan fingerprint density at radius 3 is 3.06 bits per heavy atom. The Balaban J connectivity index is 2.36. The molecule has 0 aliphatic heterocycles. The molecule has 0 saturated carbocycles. The highest BCUT2D eigenvalue weighted by molar-refractivity contribution is 7.08. The van der Waals surface area contributed by atoms with E-state index in [0.717, 1.165) is 22.7 Å². The number of nitrogens with zero attached hydrogens (tertiary/aromatic N) is 3. The number of alkyl halides is 1. The Morgan fingerprint density at radius 1 is 1.38 bits per heavy atom. The summed E-state index contributed by atoms with van der Waals surface area (Å²) in [5.41, 5.74) is 2.81. The molecule has 16 heavy (non-hydrogen) atoms. The number of hydrogen-bond donors (Lipinski definition) is 0. The molecule has 3 nitrogen and oxygen atoms in total. The number of hydrogen-bond acceptors (Lipinski definition) is 3. The Morgan fingerprint density at radius 2 is 2.31 bits per heavy atom. The van der Waals surface area contributed by atoms with Crippen LogP contribution in [0.3, 0.4) is 0 Å². The molecule has 0 aliphatic carbocycles. The van der Waals surface area contributed by atoms with E-state index in [2.05, 4.69) is 15.3 Å². The molecule has 0 saturated heterocycles. The SMILES string of the molecule is ClCc1nc2cccnc2n1-c1ccsc1. The molecular weight excluding hydrogens is 242 g/mol. The highest BCUT2D eigenvalue weighted by Crippen LogP contribution is 2.22.